The van der Waals surface area contributed by atoms with Crippen LogP contribution in [-0.2, 0) is 26.7 Å². The second-order valence-electron chi connectivity index (χ2n) is 6.17. The number of aromatic nitrogens is 4. The van der Waals surface area contributed by atoms with Gasteiger partial charge < -0.3 is 15.0 Å². The maximum Gasteiger partial charge on any atom is 0.332 e. The molecule has 0 saturated carbocycles. The van der Waals surface area contributed by atoms with E-state index in [1.165, 1.54) is 9.13 Å². The van der Waals surface area contributed by atoms with E-state index in [1.54, 1.807) is 14.0 Å². The van der Waals surface area contributed by atoms with Crippen LogP contribution in [0, 0.1) is 0 Å². The fourth-order valence-corrected chi connectivity index (χ4v) is 3.09. The number of rotatable bonds is 5. The first-order valence-corrected chi connectivity index (χ1v) is 8.08. The van der Waals surface area contributed by atoms with Crippen LogP contribution in [0.4, 0.5) is 0 Å². The molecule has 0 spiro atoms. The molecule has 3 heterocycles. The Morgan fingerprint density at radius 1 is 1.35 bits per heavy atom. The van der Waals surface area contributed by atoms with E-state index >= 15 is 0 Å². The Labute approximate surface area is 133 Å². The van der Waals surface area contributed by atoms with Crippen LogP contribution in [0.1, 0.15) is 32.0 Å². The molecule has 2 aromatic rings. The fraction of sp³-hybridized carbons (Fsp3) is 0.667. The highest BCUT2D eigenvalue weighted by Gasteiger charge is 2.21. The number of fused-ring (bicyclic) bond motifs is 3. The molecule has 0 saturated heterocycles. The summed E-state index contributed by atoms with van der Waals surface area (Å²) in [4.78, 5) is 29.7. The highest BCUT2D eigenvalue weighted by atomic mass is 16.3. The van der Waals surface area contributed by atoms with E-state index in [4.69, 9.17) is 0 Å². The van der Waals surface area contributed by atoms with E-state index in [9.17, 15) is 14.7 Å². The summed E-state index contributed by atoms with van der Waals surface area (Å²) in [5.41, 5.74) is 0.377. The normalized spacial score (nSPS) is 15.8. The first kappa shape index (κ1) is 15.9. The molecule has 1 aliphatic heterocycles. The molecule has 8 heteroatoms. The van der Waals surface area contributed by atoms with Gasteiger partial charge in [-0.05, 0) is 26.2 Å². The first-order valence-electron chi connectivity index (χ1n) is 8.08. The number of unbranched alkanes of at least 4 members (excludes halogenated alkanes) is 1. The van der Waals surface area contributed by atoms with Crippen molar-refractivity contribution < 1.29 is 5.11 Å². The van der Waals surface area contributed by atoms with E-state index in [0.29, 0.717) is 43.6 Å². The average molecular weight is 321 g/mol. The van der Waals surface area contributed by atoms with E-state index in [1.807, 2.05) is 4.57 Å². The van der Waals surface area contributed by atoms with Crippen LogP contribution >= 0.6 is 0 Å². The zero-order valence-electron chi connectivity index (χ0n) is 13.6. The highest BCUT2D eigenvalue weighted by molar-refractivity contribution is 5.71. The van der Waals surface area contributed by atoms with Crippen molar-refractivity contribution in [1.82, 2.24) is 24.0 Å². The number of nitrogens with zero attached hydrogens (tertiary/aromatic N) is 4. The van der Waals surface area contributed by atoms with Crippen LogP contribution in [-0.4, -0.2) is 36.4 Å². The molecule has 0 bridgehead atoms. The average Bonchev–Trinajstić information content (AvgIpc) is 2.91. The number of aliphatic hydroxyl groups is 1. The molecule has 0 fully saturated rings. The number of nitrogens with one attached hydrogen (secondary N) is 1. The first-order chi connectivity index (χ1) is 11.0. The molecule has 0 aromatic carbocycles. The summed E-state index contributed by atoms with van der Waals surface area (Å²) in [5, 5.41) is 12.5. The van der Waals surface area contributed by atoms with Crippen molar-refractivity contribution in [2.24, 2.45) is 7.05 Å². The Balaban J connectivity index is 2.02. The predicted octanol–water partition coefficient (Wildman–Crippen LogP) is -0.449. The van der Waals surface area contributed by atoms with Gasteiger partial charge in [-0.25, -0.2) is 9.78 Å². The van der Waals surface area contributed by atoms with Gasteiger partial charge in [-0.2, -0.15) is 0 Å². The van der Waals surface area contributed by atoms with Gasteiger partial charge in [-0.3, -0.25) is 13.9 Å². The lowest BCUT2D eigenvalue weighted by Crippen LogP contribution is -2.40. The fourth-order valence-electron chi connectivity index (χ4n) is 3.09. The predicted molar refractivity (Wildman–Crippen MR) is 86.5 cm³/mol. The molecular weight excluding hydrogens is 298 g/mol. The largest absolute Gasteiger partial charge is 0.393 e. The zero-order chi connectivity index (χ0) is 16.6. The molecule has 0 aliphatic carbocycles. The number of aliphatic hydroxyl groups excluding tert-OH is 1. The lowest BCUT2D eigenvalue weighted by atomic mass is 10.2. The summed E-state index contributed by atoms with van der Waals surface area (Å²) in [6.07, 6.45) is 1.78. The third-order valence-corrected chi connectivity index (χ3v) is 4.36. The molecule has 2 aromatic heterocycles. The topological polar surface area (TPSA) is 94.1 Å². The van der Waals surface area contributed by atoms with Crippen molar-refractivity contribution in [3.8, 4) is 0 Å². The zero-order valence-corrected chi connectivity index (χ0v) is 13.6. The summed E-state index contributed by atoms with van der Waals surface area (Å²) in [5.74, 6) is 0.796. The second-order valence-corrected chi connectivity index (χ2v) is 6.17. The van der Waals surface area contributed by atoms with Gasteiger partial charge in [0.25, 0.3) is 5.56 Å². The SMILES string of the molecule is C[C@@H](O)CCCCn1c(=O)c2c(nc3n2CCNC3)n(C)c1=O. The Morgan fingerprint density at radius 3 is 2.87 bits per heavy atom. The Morgan fingerprint density at radius 2 is 2.13 bits per heavy atom. The summed E-state index contributed by atoms with van der Waals surface area (Å²) in [6, 6.07) is 0. The maximum absolute atomic E-state index is 12.8. The lowest BCUT2D eigenvalue weighted by Gasteiger charge is -2.15. The van der Waals surface area contributed by atoms with Gasteiger partial charge >= 0.3 is 5.69 Å². The Bertz CT molecular complexity index is 830. The lowest BCUT2D eigenvalue weighted by molar-refractivity contribution is 0.180. The van der Waals surface area contributed by atoms with Crippen LogP contribution in [0.5, 0.6) is 0 Å². The third kappa shape index (κ3) is 2.84. The van der Waals surface area contributed by atoms with Gasteiger partial charge in [0.2, 0.25) is 0 Å². The monoisotopic (exact) mass is 321 g/mol. The van der Waals surface area contributed by atoms with Crippen molar-refractivity contribution >= 4 is 11.2 Å². The third-order valence-electron chi connectivity index (χ3n) is 4.36. The van der Waals surface area contributed by atoms with E-state index in [2.05, 4.69) is 10.3 Å². The van der Waals surface area contributed by atoms with Crippen LogP contribution < -0.4 is 16.6 Å². The molecular formula is C15H23N5O3. The highest BCUT2D eigenvalue weighted by Crippen LogP contribution is 2.13. The molecule has 8 nitrogen and oxygen atoms in total. The van der Waals surface area contributed by atoms with Gasteiger partial charge in [0.05, 0.1) is 12.6 Å². The molecule has 23 heavy (non-hydrogen) atoms. The summed E-state index contributed by atoms with van der Waals surface area (Å²) in [6.45, 7) is 4.18. The Kier molecular flexibility index (Phi) is 4.36. The van der Waals surface area contributed by atoms with E-state index < -0.39 is 0 Å². The number of aryl methyl sites for hydroxylation is 1. The van der Waals surface area contributed by atoms with Crippen molar-refractivity contribution in [2.45, 2.75) is 51.9 Å². The van der Waals surface area contributed by atoms with Gasteiger partial charge in [-0.15, -0.1) is 0 Å². The van der Waals surface area contributed by atoms with Crippen molar-refractivity contribution in [3.05, 3.63) is 26.7 Å². The Hall–Kier alpha value is -1.93. The number of hydrogen-bond acceptors (Lipinski definition) is 5. The minimum absolute atomic E-state index is 0.263. The van der Waals surface area contributed by atoms with Crippen LogP contribution in [0.3, 0.4) is 0 Å². The molecule has 2 N–H and O–H groups in total. The van der Waals surface area contributed by atoms with Gasteiger partial charge in [0.1, 0.15) is 5.82 Å². The van der Waals surface area contributed by atoms with Gasteiger partial charge in [-0.1, -0.05) is 0 Å². The summed E-state index contributed by atoms with van der Waals surface area (Å²) in [7, 11) is 1.66. The molecule has 0 radical (unpaired) electrons. The van der Waals surface area contributed by atoms with Gasteiger partial charge in [0.15, 0.2) is 11.2 Å². The summed E-state index contributed by atoms with van der Waals surface area (Å²) >= 11 is 0. The quantitative estimate of drug-likeness (QED) is 0.728. The van der Waals surface area contributed by atoms with Crippen molar-refractivity contribution in [2.75, 3.05) is 6.54 Å². The number of imidazole rings is 1. The van der Waals surface area contributed by atoms with Gasteiger partial charge in [0, 0.05) is 26.7 Å². The minimum atomic E-state index is -0.355. The molecule has 1 aliphatic rings. The minimum Gasteiger partial charge on any atom is -0.393 e. The standard InChI is InChI=1S/C15H23N5O3/c1-10(21)5-3-4-7-20-14(22)12-13(18(2)15(20)23)17-11-9-16-6-8-19(11)12/h10,16,21H,3-9H2,1-2H3/t10-/m1/s1. The van der Waals surface area contributed by atoms with Crippen molar-refractivity contribution in [3.63, 3.8) is 0 Å². The molecule has 0 amide bonds. The molecule has 0 unspecified atom stereocenters. The molecule has 3 rings (SSSR count). The second kappa shape index (κ2) is 6.29. The smallest absolute Gasteiger partial charge is 0.332 e. The molecule has 1 atom stereocenters. The van der Waals surface area contributed by atoms with Crippen LogP contribution in [0.25, 0.3) is 11.2 Å². The van der Waals surface area contributed by atoms with E-state index in [0.717, 1.165) is 18.8 Å². The number of hydrogen-bond donors (Lipinski definition) is 2. The summed E-state index contributed by atoms with van der Waals surface area (Å²) < 4.78 is 4.66. The van der Waals surface area contributed by atoms with Crippen LogP contribution in [0.15, 0.2) is 9.59 Å². The van der Waals surface area contributed by atoms with Crippen LogP contribution in [0.2, 0.25) is 0 Å². The van der Waals surface area contributed by atoms with Crippen molar-refractivity contribution in [1.29, 1.82) is 0 Å². The van der Waals surface area contributed by atoms with E-state index in [-0.39, 0.29) is 17.4 Å². The maximum atomic E-state index is 12.8. The molecule has 126 valence electrons.